The van der Waals surface area contributed by atoms with Crippen molar-refractivity contribution in [3.8, 4) is 0 Å². The minimum atomic E-state index is -4.28. The minimum absolute atomic E-state index is 0.174. The third-order valence-electron chi connectivity index (χ3n) is 3.57. The van der Waals surface area contributed by atoms with Gasteiger partial charge in [0, 0.05) is 11.3 Å². The van der Waals surface area contributed by atoms with Crippen LogP contribution in [0.2, 0.25) is 0 Å². The smallest absolute Gasteiger partial charge is 0.323 e. The molecule has 1 aromatic carbocycles. The van der Waals surface area contributed by atoms with Crippen LogP contribution in [0.15, 0.2) is 18.2 Å². The Morgan fingerprint density at radius 1 is 1.32 bits per heavy atom. The van der Waals surface area contributed by atoms with E-state index < -0.39 is 11.7 Å². The highest BCUT2D eigenvalue weighted by Gasteiger charge is 2.31. The summed E-state index contributed by atoms with van der Waals surface area (Å²) >= 11 is 1.84. The molecule has 0 aromatic heterocycles. The van der Waals surface area contributed by atoms with Crippen LogP contribution >= 0.6 is 11.8 Å². The summed E-state index contributed by atoms with van der Waals surface area (Å²) in [5.74, 6) is 1.10. The Kier molecular flexibility index (Phi) is 4.46. The van der Waals surface area contributed by atoms with E-state index >= 15 is 0 Å². The molecule has 1 nitrogen and oxygen atoms in total. The van der Waals surface area contributed by atoms with Crippen LogP contribution in [-0.2, 0) is 6.18 Å². The number of rotatable bonds is 2. The van der Waals surface area contributed by atoms with Crippen molar-refractivity contribution in [1.29, 1.82) is 0 Å². The SMILES string of the molecule is Cc1cc(C(F)(F)F)ccc1C(N)C1CCCCS1. The summed E-state index contributed by atoms with van der Waals surface area (Å²) in [5, 5.41) is 0.323. The first-order chi connectivity index (χ1) is 8.89. The van der Waals surface area contributed by atoms with Crippen molar-refractivity contribution in [2.24, 2.45) is 5.73 Å². The second kappa shape index (κ2) is 5.75. The van der Waals surface area contributed by atoms with E-state index in [-0.39, 0.29) is 6.04 Å². The van der Waals surface area contributed by atoms with Gasteiger partial charge in [0.15, 0.2) is 0 Å². The van der Waals surface area contributed by atoms with Crippen molar-refractivity contribution in [1.82, 2.24) is 0 Å². The molecular weight excluding hydrogens is 271 g/mol. The van der Waals surface area contributed by atoms with Crippen LogP contribution in [0.25, 0.3) is 0 Å². The van der Waals surface area contributed by atoms with E-state index in [1.54, 1.807) is 6.92 Å². The maximum absolute atomic E-state index is 12.6. The molecule has 1 fully saturated rings. The van der Waals surface area contributed by atoms with E-state index in [0.717, 1.165) is 30.2 Å². The lowest BCUT2D eigenvalue weighted by Crippen LogP contribution is -2.27. The Hall–Kier alpha value is -0.680. The van der Waals surface area contributed by atoms with Crippen LogP contribution in [0.4, 0.5) is 13.2 Å². The molecule has 2 atom stereocenters. The van der Waals surface area contributed by atoms with Crippen molar-refractivity contribution in [3.63, 3.8) is 0 Å². The van der Waals surface area contributed by atoms with E-state index in [1.807, 2.05) is 11.8 Å². The van der Waals surface area contributed by atoms with Gasteiger partial charge in [-0.1, -0.05) is 12.5 Å². The molecule has 2 rings (SSSR count). The van der Waals surface area contributed by atoms with Crippen LogP contribution in [-0.4, -0.2) is 11.0 Å². The predicted octanol–water partition coefficient (Wildman–Crippen LogP) is 4.30. The molecule has 1 saturated heterocycles. The summed E-state index contributed by atoms with van der Waals surface area (Å²) in [6.07, 6.45) is -0.871. The highest BCUT2D eigenvalue weighted by Crippen LogP contribution is 2.36. The van der Waals surface area contributed by atoms with E-state index in [1.165, 1.54) is 18.6 Å². The van der Waals surface area contributed by atoms with Crippen LogP contribution < -0.4 is 5.73 Å². The first-order valence-electron chi connectivity index (χ1n) is 6.44. The number of thioether (sulfide) groups is 1. The zero-order valence-electron chi connectivity index (χ0n) is 10.8. The Morgan fingerprint density at radius 2 is 2.05 bits per heavy atom. The average molecular weight is 289 g/mol. The van der Waals surface area contributed by atoms with Gasteiger partial charge < -0.3 is 5.73 Å². The van der Waals surface area contributed by atoms with Gasteiger partial charge in [-0.2, -0.15) is 24.9 Å². The number of aryl methyl sites for hydroxylation is 1. The molecule has 1 heterocycles. The Labute approximate surface area is 115 Å². The van der Waals surface area contributed by atoms with Crippen molar-refractivity contribution in [2.45, 2.75) is 43.7 Å². The summed E-state index contributed by atoms with van der Waals surface area (Å²) in [5.41, 5.74) is 7.10. The minimum Gasteiger partial charge on any atom is -0.323 e. The molecule has 2 N–H and O–H groups in total. The van der Waals surface area contributed by atoms with E-state index in [2.05, 4.69) is 0 Å². The van der Waals surface area contributed by atoms with Gasteiger partial charge in [0.05, 0.1) is 5.56 Å². The summed E-state index contributed by atoms with van der Waals surface area (Å²) in [4.78, 5) is 0. The van der Waals surface area contributed by atoms with Crippen molar-refractivity contribution < 1.29 is 13.2 Å². The fourth-order valence-corrected chi connectivity index (χ4v) is 3.84. The van der Waals surface area contributed by atoms with Crippen molar-refractivity contribution in [2.75, 3.05) is 5.75 Å². The molecule has 0 aliphatic carbocycles. The predicted molar refractivity (Wildman–Crippen MR) is 73.2 cm³/mol. The normalized spacial score (nSPS) is 22.3. The van der Waals surface area contributed by atoms with Crippen molar-refractivity contribution >= 4 is 11.8 Å². The van der Waals surface area contributed by atoms with Gasteiger partial charge in [0.2, 0.25) is 0 Å². The Balaban J connectivity index is 2.20. The molecule has 0 bridgehead atoms. The molecule has 106 valence electrons. The third-order valence-corrected chi connectivity index (χ3v) is 5.05. The second-order valence-corrected chi connectivity index (χ2v) is 6.35. The van der Waals surface area contributed by atoms with Gasteiger partial charge >= 0.3 is 6.18 Å². The molecule has 1 aliphatic heterocycles. The molecule has 0 amide bonds. The Bertz CT molecular complexity index is 439. The standard InChI is InChI=1S/C14H18F3NS/c1-9-8-10(14(15,16)17)5-6-11(9)13(18)12-4-2-3-7-19-12/h5-6,8,12-13H,2-4,7,18H2,1H3. The molecule has 19 heavy (non-hydrogen) atoms. The van der Waals surface area contributed by atoms with Crippen LogP contribution in [0.3, 0.4) is 0 Å². The first-order valence-corrected chi connectivity index (χ1v) is 7.49. The number of hydrogen-bond acceptors (Lipinski definition) is 2. The fraction of sp³-hybridized carbons (Fsp3) is 0.571. The highest BCUT2D eigenvalue weighted by molar-refractivity contribution is 8.00. The molecule has 0 spiro atoms. The number of alkyl halides is 3. The molecule has 0 radical (unpaired) electrons. The summed E-state index contributed by atoms with van der Waals surface area (Å²) in [7, 11) is 0. The average Bonchev–Trinajstić information content (AvgIpc) is 2.38. The summed E-state index contributed by atoms with van der Waals surface area (Å²) < 4.78 is 37.9. The largest absolute Gasteiger partial charge is 0.416 e. The molecule has 1 aliphatic rings. The lowest BCUT2D eigenvalue weighted by atomic mass is 9.95. The van der Waals surface area contributed by atoms with Crippen LogP contribution in [0.1, 0.15) is 42.0 Å². The summed E-state index contributed by atoms with van der Waals surface area (Å²) in [6, 6.07) is 3.70. The van der Waals surface area contributed by atoms with Gasteiger partial charge in [0.1, 0.15) is 0 Å². The van der Waals surface area contributed by atoms with Gasteiger partial charge in [-0.15, -0.1) is 0 Å². The van der Waals surface area contributed by atoms with Gasteiger partial charge in [-0.3, -0.25) is 0 Å². The number of benzene rings is 1. The second-order valence-electron chi connectivity index (χ2n) is 5.00. The summed E-state index contributed by atoms with van der Waals surface area (Å²) in [6.45, 7) is 1.71. The number of hydrogen-bond donors (Lipinski definition) is 1. The third kappa shape index (κ3) is 3.45. The van der Waals surface area contributed by atoms with Crippen LogP contribution in [0.5, 0.6) is 0 Å². The quantitative estimate of drug-likeness (QED) is 0.878. The lowest BCUT2D eigenvalue weighted by molar-refractivity contribution is -0.137. The fourth-order valence-electron chi connectivity index (χ4n) is 2.48. The Morgan fingerprint density at radius 3 is 2.58 bits per heavy atom. The molecule has 5 heteroatoms. The zero-order chi connectivity index (χ0) is 14.0. The zero-order valence-corrected chi connectivity index (χ0v) is 11.7. The molecule has 2 unspecified atom stereocenters. The van der Waals surface area contributed by atoms with Gasteiger partial charge in [-0.25, -0.2) is 0 Å². The monoisotopic (exact) mass is 289 g/mol. The van der Waals surface area contributed by atoms with Crippen LogP contribution in [0, 0.1) is 6.92 Å². The van der Waals surface area contributed by atoms with Gasteiger partial charge in [-0.05, 0) is 48.8 Å². The van der Waals surface area contributed by atoms with E-state index in [4.69, 9.17) is 5.73 Å². The molecule has 1 aromatic rings. The van der Waals surface area contributed by atoms with E-state index in [0.29, 0.717) is 10.8 Å². The maximum atomic E-state index is 12.6. The molecular formula is C14H18F3NS. The van der Waals surface area contributed by atoms with Crippen molar-refractivity contribution in [3.05, 3.63) is 34.9 Å². The first kappa shape index (κ1) is 14.7. The number of nitrogens with two attached hydrogens (primary N) is 1. The number of halogens is 3. The topological polar surface area (TPSA) is 26.0 Å². The lowest BCUT2D eigenvalue weighted by Gasteiger charge is -2.28. The highest BCUT2D eigenvalue weighted by atomic mass is 32.2. The van der Waals surface area contributed by atoms with E-state index in [9.17, 15) is 13.2 Å². The van der Waals surface area contributed by atoms with Gasteiger partial charge in [0.25, 0.3) is 0 Å². The molecule has 0 saturated carbocycles. The maximum Gasteiger partial charge on any atom is 0.416 e.